The number of nitrogens with zero attached hydrogens (tertiary/aromatic N) is 1. The fourth-order valence-corrected chi connectivity index (χ4v) is 4.95. The summed E-state index contributed by atoms with van der Waals surface area (Å²) >= 11 is 0. The van der Waals surface area contributed by atoms with E-state index in [0.717, 1.165) is 18.1 Å². The van der Waals surface area contributed by atoms with Gasteiger partial charge in [-0.25, -0.2) is 0 Å². The molecule has 0 aliphatic rings. The normalized spacial score (nSPS) is 15.4. The lowest BCUT2D eigenvalue weighted by Crippen LogP contribution is -2.46. The first-order valence-electron chi connectivity index (χ1n) is 5.73. The molecule has 84 valence electrons. The molecule has 0 aliphatic carbocycles. The van der Waals surface area contributed by atoms with Gasteiger partial charge >= 0.3 is 0 Å². The van der Waals surface area contributed by atoms with E-state index in [9.17, 15) is 5.11 Å². The summed E-state index contributed by atoms with van der Waals surface area (Å²) in [5.41, 5.74) is -0.259. The quantitative estimate of drug-likeness (QED) is 0.536. The number of aliphatic hydroxyl groups is 1. The third-order valence-corrected chi connectivity index (χ3v) is 8.89. The summed E-state index contributed by atoms with van der Waals surface area (Å²) in [6, 6.07) is 3.73. The maximum Gasteiger partial charge on any atom is 0.0934 e. The summed E-state index contributed by atoms with van der Waals surface area (Å²) in [6.07, 6.45) is 1.79. The Bertz CT molecular complexity index is 168. The van der Waals surface area contributed by atoms with Crippen molar-refractivity contribution in [3.8, 4) is 0 Å². The second-order valence-corrected chi connectivity index (χ2v) is 9.70. The van der Waals surface area contributed by atoms with Gasteiger partial charge in [-0.05, 0) is 13.8 Å². The summed E-state index contributed by atoms with van der Waals surface area (Å²) in [6.45, 7) is 10.7. The molecule has 0 aliphatic heterocycles. The molecule has 0 spiro atoms. The van der Waals surface area contributed by atoms with Crippen molar-refractivity contribution in [2.45, 2.75) is 64.5 Å². The van der Waals surface area contributed by atoms with Gasteiger partial charge in [-0.3, -0.25) is 4.99 Å². The van der Waals surface area contributed by atoms with Gasteiger partial charge in [0.2, 0.25) is 0 Å². The van der Waals surface area contributed by atoms with Gasteiger partial charge in [-0.15, -0.1) is 0 Å². The fraction of sp³-hybridized carbons (Fsp3) is 0.909. The van der Waals surface area contributed by atoms with Crippen LogP contribution in [0.3, 0.4) is 0 Å². The highest BCUT2D eigenvalue weighted by Gasteiger charge is 2.34. The molecule has 14 heavy (non-hydrogen) atoms. The molecule has 0 heterocycles. The van der Waals surface area contributed by atoms with Gasteiger partial charge in [0, 0.05) is 12.3 Å². The highest BCUT2D eigenvalue weighted by Crippen LogP contribution is 2.23. The molecule has 1 unspecified atom stereocenters. The van der Waals surface area contributed by atoms with Crippen molar-refractivity contribution in [3.63, 3.8) is 0 Å². The van der Waals surface area contributed by atoms with E-state index < -0.39 is 8.07 Å². The summed E-state index contributed by atoms with van der Waals surface area (Å²) in [5, 5.41) is 10.1. The van der Waals surface area contributed by atoms with Crippen molar-refractivity contribution < 1.29 is 5.11 Å². The molecule has 0 aromatic heterocycles. The molecule has 0 radical (unpaired) electrons. The van der Waals surface area contributed by atoms with E-state index in [4.69, 9.17) is 0 Å². The van der Waals surface area contributed by atoms with Crippen molar-refractivity contribution in [1.29, 1.82) is 0 Å². The zero-order valence-corrected chi connectivity index (χ0v) is 11.2. The van der Waals surface area contributed by atoms with Crippen LogP contribution in [0.1, 0.15) is 34.6 Å². The lowest BCUT2D eigenvalue weighted by Gasteiger charge is -2.31. The Morgan fingerprint density at radius 1 is 1.14 bits per heavy atom. The summed E-state index contributed by atoms with van der Waals surface area (Å²) < 4.78 is 0. The van der Waals surface area contributed by atoms with E-state index in [1.165, 1.54) is 0 Å². The van der Waals surface area contributed by atoms with Gasteiger partial charge in [0.25, 0.3) is 0 Å². The van der Waals surface area contributed by atoms with Gasteiger partial charge in [0.05, 0.1) is 13.8 Å². The van der Waals surface area contributed by atoms with E-state index in [1.54, 1.807) is 6.21 Å². The number of rotatable bonds is 6. The summed E-state index contributed by atoms with van der Waals surface area (Å²) in [5.74, 6) is 0. The van der Waals surface area contributed by atoms with Crippen LogP contribution in [0.2, 0.25) is 18.1 Å². The van der Waals surface area contributed by atoms with Gasteiger partial charge < -0.3 is 5.11 Å². The van der Waals surface area contributed by atoms with Crippen molar-refractivity contribution in [1.82, 2.24) is 0 Å². The average Bonchev–Trinajstić information content (AvgIpc) is 2.18. The SMILES string of the molecule is CC[Si](CC)(CC)C(O)C=NC(C)C. The molecule has 0 rings (SSSR count). The minimum Gasteiger partial charge on any atom is -0.391 e. The smallest absolute Gasteiger partial charge is 0.0934 e. The molecule has 0 aromatic carbocycles. The van der Waals surface area contributed by atoms with Crippen molar-refractivity contribution in [3.05, 3.63) is 0 Å². The van der Waals surface area contributed by atoms with Gasteiger partial charge in [0.1, 0.15) is 0 Å². The van der Waals surface area contributed by atoms with Crippen molar-refractivity contribution in [2.24, 2.45) is 4.99 Å². The highest BCUT2D eigenvalue weighted by atomic mass is 28.3. The Morgan fingerprint density at radius 2 is 1.57 bits per heavy atom. The Labute approximate surface area is 89.5 Å². The first kappa shape index (κ1) is 13.8. The summed E-state index contributed by atoms with van der Waals surface area (Å²) in [4.78, 5) is 4.29. The van der Waals surface area contributed by atoms with E-state index in [1.807, 2.05) is 13.8 Å². The Balaban J connectivity index is 4.51. The zero-order valence-electron chi connectivity index (χ0n) is 10.2. The van der Waals surface area contributed by atoms with E-state index in [2.05, 4.69) is 25.8 Å². The molecule has 0 amide bonds. The van der Waals surface area contributed by atoms with Gasteiger partial charge in [0.15, 0.2) is 0 Å². The molecule has 0 aromatic rings. The van der Waals surface area contributed by atoms with Crippen LogP contribution in [0, 0.1) is 0 Å². The zero-order chi connectivity index (χ0) is 11.2. The van der Waals surface area contributed by atoms with Crippen LogP contribution in [0.4, 0.5) is 0 Å². The fourth-order valence-electron chi connectivity index (χ4n) is 1.79. The molecule has 1 N–H and O–H groups in total. The predicted molar refractivity (Wildman–Crippen MR) is 66.8 cm³/mol. The number of hydrogen-bond acceptors (Lipinski definition) is 2. The molecule has 0 saturated carbocycles. The van der Waals surface area contributed by atoms with Crippen LogP contribution in [-0.2, 0) is 0 Å². The minimum absolute atomic E-state index is 0.259. The van der Waals surface area contributed by atoms with Crippen LogP contribution in [0.15, 0.2) is 4.99 Å². The number of aliphatic hydroxyl groups excluding tert-OH is 1. The van der Waals surface area contributed by atoms with Crippen LogP contribution >= 0.6 is 0 Å². The van der Waals surface area contributed by atoms with Crippen molar-refractivity contribution in [2.75, 3.05) is 0 Å². The number of aliphatic imine (C=N–C) groups is 1. The van der Waals surface area contributed by atoms with Crippen molar-refractivity contribution >= 4 is 14.3 Å². The van der Waals surface area contributed by atoms with E-state index in [-0.39, 0.29) is 5.73 Å². The molecular weight excluding hydrogens is 190 g/mol. The lowest BCUT2D eigenvalue weighted by atomic mass is 10.4. The Hall–Kier alpha value is -0.153. The Morgan fingerprint density at radius 3 is 1.86 bits per heavy atom. The molecule has 0 fully saturated rings. The standard InChI is InChI=1S/C11H25NOSi/c1-6-14(7-2,8-3)11(13)9-12-10(4)5/h9-11,13H,6-8H2,1-5H3. The van der Waals surface area contributed by atoms with Gasteiger partial charge in [-0.2, -0.15) is 0 Å². The maximum atomic E-state index is 10.1. The Kier molecular flexibility index (Phi) is 6.28. The van der Waals surface area contributed by atoms with E-state index >= 15 is 0 Å². The first-order chi connectivity index (χ1) is 6.52. The summed E-state index contributed by atoms with van der Waals surface area (Å²) in [7, 11) is -1.48. The highest BCUT2D eigenvalue weighted by molar-refractivity contribution is 6.83. The molecule has 0 saturated heterocycles. The largest absolute Gasteiger partial charge is 0.391 e. The molecule has 1 atom stereocenters. The third kappa shape index (κ3) is 3.54. The molecular formula is C11H25NOSi. The topological polar surface area (TPSA) is 32.6 Å². The second kappa shape index (κ2) is 6.35. The van der Waals surface area contributed by atoms with Gasteiger partial charge in [-0.1, -0.05) is 38.9 Å². The third-order valence-electron chi connectivity index (χ3n) is 3.27. The second-order valence-electron chi connectivity index (χ2n) is 4.26. The monoisotopic (exact) mass is 215 g/mol. The number of hydrogen-bond donors (Lipinski definition) is 1. The van der Waals surface area contributed by atoms with E-state index in [0.29, 0.717) is 6.04 Å². The predicted octanol–water partition coefficient (Wildman–Crippen LogP) is 2.87. The molecule has 0 bridgehead atoms. The van der Waals surface area contributed by atoms with Crippen LogP contribution in [0.25, 0.3) is 0 Å². The molecule has 2 nitrogen and oxygen atoms in total. The first-order valence-corrected chi connectivity index (χ1v) is 8.43. The minimum atomic E-state index is -1.48. The van der Waals surface area contributed by atoms with Crippen LogP contribution < -0.4 is 0 Å². The van der Waals surface area contributed by atoms with Crippen LogP contribution in [-0.4, -0.2) is 31.2 Å². The average molecular weight is 215 g/mol. The maximum absolute atomic E-state index is 10.1. The molecule has 3 heteroatoms. The van der Waals surface area contributed by atoms with Crippen LogP contribution in [0.5, 0.6) is 0 Å². The lowest BCUT2D eigenvalue weighted by molar-refractivity contribution is 0.308.